The molecule has 0 atom stereocenters. The van der Waals surface area contributed by atoms with Crippen molar-refractivity contribution in [2.45, 2.75) is 38.5 Å². The van der Waals surface area contributed by atoms with E-state index in [-0.39, 0.29) is 18.5 Å². The van der Waals surface area contributed by atoms with E-state index in [1.54, 1.807) is 31.4 Å². The molecule has 0 spiro atoms. The molecular weight excluding hydrogens is 282 g/mol. The number of amides is 1. The van der Waals surface area contributed by atoms with E-state index < -0.39 is 0 Å². The first-order valence-electron chi connectivity index (χ1n) is 7.77. The number of hydrogen-bond donors (Lipinski definition) is 1. The first-order valence-corrected chi connectivity index (χ1v) is 7.77. The number of ether oxygens (including phenoxy) is 2. The molecule has 1 aliphatic rings. The zero-order valence-corrected chi connectivity index (χ0v) is 13.0. The van der Waals surface area contributed by atoms with Crippen LogP contribution >= 0.6 is 0 Å². The fraction of sp³-hybridized carbons (Fsp3) is 0.529. The van der Waals surface area contributed by atoms with Gasteiger partial charge in [0.15, 0.2) is 6.61 Å². The molecule has 0 unspecified atom stereocenters. The molecule has 1 aromatic rings. The van der Waals surface area contributed by atoms with E-state index in [2.05, 4.69) is 5.32 Å². The van der Waals surface area contributed by atoms with Crippen molar-refractivity contribution in [3.63, 3.8) is 0 Å². The molecule has 1 amide bonds. The van der Waals surface area contributed by atoms with Gasteiger partial charge < -0.3 is 14.8 Å². The lowest BCUT2D eigenvalue weighted by Crippen LogP contribution is -2.22. The summed E-state index contributed by atoms with van der Waals surface area (Å²) in [5.74, 6) is 0.452. The number of rotatable bonds is 6. The van der Waals surface area contributed by atoms with E-state index in [1.807, 2.05) is 0 Å². The second kappa shape index (κ2) is 8.41. The highest BCUT2D eigenvalue weighted by Gasteiger charge is 2.18. The Bertz CT molecular complexity index is 509. The molecule has 1 saturated carbocycles. The Morgan fingerprint density at radius 3 is 2.73 bits per heavy atom. The Balaban J connectivity index is 1.71. The van der Waals surface area contributed by atoms with Crippen LogP contribution in [0.3, 0.4) is 0 Å². The molecule has 0 aromatic heterocycles. The predicted octanol–water partition coefficient (Wildman–Crippen LogP) is 3.15. The minimum Gasteiger partial charge on any atom is -0.497 e. The Labute approximate surface area is 131 Å². The summed E-state index contributed by atoms with van der Waals surface area (Å²) in [5, 5.41) is 2.68. The lowest BCUT2D eigenvalue weighted by atomic mass is 9.87. The Kier molecular flexibility index (Phi) is 6.25. The fourth-order valence-corrected chi connectivity index (χ4v) is 2.73. The number of hydrogen-bond acceptors (Lipinski definition) is 4. The molecule has 0 saturated heterocycles. The fourth-order valence-electron chi connectivity index (χ4n) is 2.73. The first kappa shape index (κ1) is 16.3. The number of methoxy groups -OCH3 is 1. The highest BCUT2D eigenvalue weighted by Crippen LogP contribution is 2.26. The molecule has 120 valence electrons. The average molecular weight is 305 g/mol. The molecule has 1 fully saturated rings. The maximum atomic E-state index is 11.8. The molecule has 0 heterocycles. The quantitative estimate of drug-likeness (QED) is 0.820. The minimum absolute atomic E-state index is 0.247. The van der Waals surface area contributed by atoms with Crippen LogP contribution in [0.2, 0.25) is 0 Å². The van der Waals surface area contributed by atoms with Gasteiger partial charge in [-0.3, -0.25) is 9.59 Å². The Hall–Kier alpha value is -2.04. The number of nitrogens with one attached hydrogen (secondary N) is 1. The van der Waals surface area contributed by atoms with Gasteiger partial charge in [0.25, 0.3) is 5.91 Å². The summed E-state index contributed by atoms with van der Waals surface area (Å²) >= 11 is 0. The number of esters is 1. The van der Waals surface area contributed by atoms with E-state index in [0.717, 1.165) is 12.8 Å². The van der Waals surface area contributed by atoms with Gasteiger partial charge in [0.2, 0.25) is 0 Å². The maximum Gasteiger partial charge on any atom is 0.306 e. The summed E-state index contributed by atoms with van der Waals surface area (Å²) in [6.45, 7) is -0.247. The highest BCUT2D eigenvalue weighted by atomic mass is 16.5. The first-order chi connectivity index (χ1) is 10.7. The molecule has 1 aliphatic carbocycles. The van der Waals surface area contributed by atoms with Crippen LogP contribution in [0, 0.1) is 5.92 Å². The van der Waals surface area contributed by atoms with Crippen LogP contribution in [0.4, 0.5) is 5.69 Å². The minimum atomic E-state index is -0.342. The molecule has 5 nitrogen and oxygen atoms in total. The summed E-state index contributed by atoms with van der Waals surface area (Å²) in [6, 6.07) is 7.04. The normalized spacial score (nSPS) is 15.1. The van der Waals surface area contributed by atoms with Gasteiger partial charge in [-0.15, -0.1) is 0 Å². The van der Waals surface area contributed by atoms with Crippen LogP contribution in [0.1, 0.15) is 38.5 Å². The third-order valence-electron chi connectivity index (χ3n) is 3.90. The van der Waals surface area contributed by atoms with E-state index in [4.69, 9.17) is 9.47 Å². The third kappa shape index (κ3) is 5.39. The Morgan fingerprint density at radius 2 is 2.00 bits per heavy atom. The zero-order chi connectivity index (χ0) is 15.8. The van der Waals surface area contributed by atoms with Gasteiger partial charge in [0.1, 0.15) is 5.75 Å². The number of carbonyl (C=O) groups excluding carboxylic acids is 2. The van der Waals surface area contributed by atoms with Crippen LogP contribution in [0.5, 0.6) is 5.75 Å². The topological polar surface area (TPSA) is 64.6 Å². The van der Waals surface area contributed by atoms with E-state index >= 15 is 0 Å². The SMILES string of the molecule is COc1cccc(NC(=O)COC(=O)CC2CCCCC2)c1. The molecule has 0 radical (unpaired) electrons. The van der Waals surface area contributed by atoms with Crippen LogP contribution in [0.15, 0.2) is 24.3 Å². The van der Waals surface area contributed by atoms with Crippen molar-refractivity contribution >= 4 is 17.6 Å². The number of benzene rings is 1. The largest absolute Gasteiger partial charge is 0.497 e. The molecule has 5 heteroatoms. The van der Waals surface area contributed by atoms with Crippen molar-refractivity contribution in [2.75, 3.05) is 19.0 Å². The zero-order valence-electron chi connectivity index (χ0n) is 13.0. The van der Waals surface area contributed by atoms with Crippen LogP contribution in [0.25, 0.3) is 0 Å². The van der Waals surface area contributed by atoms with Gasteiger partial charge in [0, 0.05) is 18.2 Å². The van der Waals surface area contributed by atoms with Gasteiger partial charge >= 0.3 is 5.97 Å². The van der Waals surface area contributed by atoms with Crippen LogP contribution < -0.4 is 10.1 Å². The monoisotopic (exact) mass is 305 g/mol. The molecule has 0 aliphatic heterocycles. The molecule has 1 N–H and O–H groups in total. The predicted molar refractivity (Wildman–Crippen MR) is 83.8 cm³/mol. The van der Waals surface area contributed by atoms with E-state index in [0.29, 0.717) is 23.8 Å². The van der Waals surface area contributed by atoms with Crippen molar-refractivity contribution < 1.29 is 19.1 Å². The molecule has 2 rings (SSSR count). The van der Waals surface area contributed by atoms with Gasteiger partial charge in [-0.05, 0) is 30.9 Å². The second-order valence-corrected chi connectivity index (χ2v) is 5.65. The van der Waals surface area contributed by atoms with Gasteiger partial charge in [-0.25, -0.2) is 0 Å². The number of carbonyl (C=O) groups is 2. The lowest BCUT2D eigenvalue weighted by Gasteiger charge is -2.20. The second-order valence-electron chi connectivity index (χ2n) is 5.65. The lowest BCUT2D eigenvalue weighted by molar-refractivity contribution is -0.148. The van der Waals surface area contributed by atoms with Crippen molar-refractivity contribution in [1.82, 2.24) is 0 Å². The van der Waals surface area contributed by atoms with Crippen LogP contribution in [-0.4, -0.2) is 25.6 Å². The van der Waals surface area contributed by atoms with Crippen molar-refractivity contribution in [3.8, 4) is 5.75 Å². The van der Waals surface area contributed by atoms with Crippen molar-refractivity contribution in [1.29, 1.82) is 0 Å². The summed E-state index contributed by atoms with van der Waals surface area (Å²) in [5.41, 5.74) is 0.618. The maximum absolute atomic E-state index is 11.8. The summed E-state index contributed by atoms with van der Waals surface area (Å²) in [6.07, 6.45) is 6.24. The molecule has 22 heavy (non-hydrogen) atoms. The Morgan fingerprint density at radius 1 is 1.23 bits per heavy atom. The smallest absolute Gasteiger partial charge is 0.306 e. The molecular formula is C17H23NO4. The van der Waals surface area contributed by atoms with E-state index in [1.165, 1.54) is 19.3 Å². The third-order valence-corrected chi connectivity index (χ3v) is 3.90. The highest BCUT2D eigenvalue weighted by molar-refractivity contribution is 5.92. The summed E-state index contributed by atoms with van der Waals surface area (Å²) < 4.78 is 10.1. The summed E-state index contributed by atoms with van der Waals surface area (Å²) in [7, 11) is 1.56. The summed E-state index contributed by atoms with van der Waals surface area (Å²) in [4.78, 5) is 23.5. The van der Waals surface area contributed by atoms with Gasteiger partial charge in [-0.2, -0.15) is 0 Å². The van der Waals surface area contributed by atoms with Gasteiger partial charge in [-0.1, -0.05) is 25.3 Å². The standard InChI is InChI=1S/C17H23NO4/c1-21-15-9-5-8-14(11-15)18-16(19)12-22-17(20)10-13-6-3-2-4-7-13/h5,8-9,11,13H,2-4,6-7,10,12H2,1H3,(H,18,19). The van der Waals surface area contributed by atoms with Crippen molar-refractivity contribution in [3.05, 3.63) is 24.3 Å². The number of anilines is 1. The molecule has 0 bridgehead atoms. The molecule has 1 aromatic carbocycles. The van der Waals surface area contributed by atoms with E-state index in [9.17, 15) is 9.59 Å². The van der Waals surface area contributed by atoms with Gasteiger partial charge in [0.05, 0.1) is 7.11 Å². The van der Waals surface area contributed by atoms with Crippen LogP contribution in [-0.2, 0) is 14.3 Å². The average Bonchev–Trinajstić information content (AvgIpc) is 2.54. The van der Waals surface area contributed by atoms with Crippen molar-refractivity contribution in [2.24, 2.45) is 5.92 Å².